The summed E-state index contributed by atoms with van der Waals surface area (Å²) >= 11 is 0. The second kappa shape index (κ2) is 6.41. The minimum atomic E-state index is 0.656. The Bertz CT molecular complexity index is 640. The lowest BCUT2D eigenvalue weighted by Crippen LogP contribution is -2.16. The first-order chi connectivity index (χ1) is 10.3. The van der Waals surface area contributed by atoms with Gasteiger partial charge in [0.15, 0.2) is 0 Å². The van der Waals surface area contributed by atoms with Crippen LogP contribution in [-0.4, -0.2) is 31.9 Å². The molecule has 1 aliphatic heterocycles. The number of benzene rings is 1. The fraction of sp³-hybridized carbons (Fsp3) is 0.471. The van der Waals surface area contributed by atoms with E-state index in [4.69, 9.17) is 14.5 Å². The summed E-state index contributed by atoms with van der Waals surface area (Å²) in [6.07, 6.45) is 1.78. The molecular formula is C17H22N2O2. The monoisotopic (exact) mass is 286 g/mol. The van der Waals surface area contributed by atoms with Crippen molar-refractivity contribution in [1.82, 2.24) is 4.98 Å². The van der Waals surface area contributed by atoms with Crippen molar-refractivity contribution in [1.29, 1.82) is 0 Å². The van der Waals surface area contributed by atoms with Crippen LogP contribution in [0.25, 0.3) is 10.9 Å². The number of nitrogens with one attached hydrogen (secondary N) is 1. The van der Waals surface area contributed by atoms with Crippen LogP contribution in [0.15, 0.2) is 18.2 Å². The topological polar surface area (TPSA) is 43.4 Å². The van der Waals surface area contributed by atoms with Crippen LogP contribution in [0.4, 0.5) is 5.69 Å². The molecule has 112 valence electrons. The SMILES string of the molecule is CCNc1c2c(nc3c(CCOC)cccc13)CCOC2. The molecule has 0 fully saturated rings. The predicted octanol–water partition coefficient (Wildman–Crippen LogP) is 2.93. The van der Waals surface area contributed by atoms with Gasteiger partial charge in [0.05, 0.1) is 36.7 Å². The summed E-state index contributed by atoms with van der Waals surface area (Å²) in [5.74, 6) is 0. The van der Waals surface area contributed by atoms with Gasteiger partial charge in [-0.15, -0.1) is 0 Å². The number of para-hydroxylation sites is 1. The molecule has 4 heteroatoms. The average Bonchev–Trinajstić information content (AvgIpc) is 2.53. The number of pyridine rings is 1. The molecule has 0 radical (unpaired) electrons. The number of ether oxygens (including phenoxy) is 2. The molecule has 2 heterocycles. The van der Waals surface area contributed by atoms with Crippen molar-refractivity contribution in [3.8, 4) is 0 Å². The first-order valence-electron chi connectivity index (χ1n) is 7.59. The number of methoxy groups -OCH3 is 1. The predicted molar refractivity (Wildman–Crippen MR) is 84.8 cm³/mol. The number of nitrogens with zero attached hydrogens (tertiary/aromatic N) is 1. The third-order valence-corrected chi connectivity index (χ3v) is 3.94. The second-order valence-corrected chi connectivity index (χ2v) is 5.30. The molecular weight excluding hydrogens is 264 g/mol. The van der Waals surface area contributed by atoms with E-state index in [-0.39, 0.29) is 0 Å². The van der Waals surface area contributed by atoms with Gasteiger partial charge in [-0.1, -0.05) is 18.2 Å². The Morgan fingerprint density at radius 3 is 3.10 bits per heavy atom. The van der Waals surface area contributed by atoms with Crippen molar-refractivity contribution in [3.05, 3.63) is 35.0 Å². The van der Waals surface area contributed by atoms with E-state index in [0.29, 0.717) is 6.61 Å². The summed E-state index contributed by atoms with van der Waals surface area (Å²) < 4.78 is 10.8. The number of fused-ring (bicyclic) bond motifs is 2. The first kappa shape index (κ1) is 14.3. The molecule has 1 aromatic heterocycles. The van der Waals surface area contributed by atoms with Crippen LogP contribution in [0, 0.1) is 0 Å². The van der Waals surface area contributed by atoms with Crippen molar-refractivity contribution >= 4 is 16.6 Å². The Balaban J connectivity index is 2.18. The maximum atomic E-state index is 5.63. The van der Waals surface area contributed by atoms with Crippen molar-refractivity contribution < 1.29 is 9.47 Å². The molecule has 0 saturated carbocycles. The average molecular weight is 286 g/mol. The van der Waals surface area contributed by atoms with Crippen LogP contribution in [0.5, 0.6) is 0 Å². The highest BCUT2D eigenvalue weighted by Crippen LogP contribution is 2.33. The molecule has 1 aromatic carbocycles. The highest BCUT2D eigenvalue weighted by molar-refractivity contribution is 5.95. The quantitative estimate of drug-likeness (QED) is 0.918. The van der Waals surface area contributed by atoms with Crippen LogP contribution in [-0.2, 0) is 28.9 Å². The lowest BCUT2D eigenvalue weighted by Gasteiger charge is -2.22. The van der Waals surface area contributed by atoms with Gasteiger partial charge < -0.3 is 14.8 Å². The van der Waals surface area contributed by atoms with Gasteiger partial charge in [-0.3, -0.25) is 4.98 Å². The molecule has 4 nitrogen and oxygen atoms in total. The summed E-state index contributed by atoms with van der Waals surface area (Å²) in [5.41, 5.74) is 5.94. The molecule has 0 saturated heterocycles. The standard InChI is InChI=1S/C17H22N2O2/c1-3-18-17-13-6-4-5-12(7-9-20-2)16(13)19-15-8-10-21-11-14(15)17/h4-6H,3,7-11H2,1-2H3,(H,18,19). The third-order valence-electron chi connectivity index (χ3n) is 3.94. The Morgan fingerprint density at radius 2 is 2.29 bits per heavy atom. The van der Waals surface area contributed by atoms with Crippen LogP contribution >= 0.6 is 0 Å². The number of hydrogen-bond donors (Lipinski definition) is 1. The molecule has 0 bridgehead atoms. The molecule has 0 spiro atoms. The Hall–Kier alpha value is -1.65. The molecule has 0 amide bonds. The molecule has 21 heavy (non-hydrogen) atoms. The van der Waals surface area contributed by atoms with Gasteiger partial charge in [-0.05, 0) is 18.9 Å². The van der Waals surface area contributed by atoms with Gasteiger partial charge in [0, 0.05) is 31.0 Å². The second-order valence-electron chi connectivity index (χ2n) is 5.30. The minimum absolute atomic E-state index is 0.656. The van der Waals surface area contributed by atoms with E-state index in [0.717, 1.165) is 38.1 Å². The van der Waals surface area contributed by atoms with Gasteiger partial charge in [-0.25, -0.2) is 0 Å². The summed E-state index contributed by atoms with van der Waals surface area (Å²) in [5, 5.41) is 4.70. The summed E-state index contributed by atoms with van der Waals surface area (Å²) in [6.45, 7) is 5.16. The molecule has 0 atom stereocenters. The van der Waals surface area contributed by atoms with Crippen LogP contribution in [0.1, 0.15) is 23.7 Å². The summed E-state index contributed by atoms with van der Waals surface area (Å²) in [4.78, 5) is 4.94. The van der Waals surface area contributed by atoms with Gasteiger partial charge in [0.2, 0.25) is 0 Å². The fourth-order valence-corrected chi connectivity index (χ4v) is 2.93. The third kappa shape index (κ3) is 2.74. The van der Waals surface area contributed by atoms with E-state index in [1.807, 2.05) is 0 Å². The van der Waals surface area contributed by atoms with Gasteiger partial charge >= 0.3 is 0 Å². The van der Waals surface area contributed by atoms with Gasteiger partial charge in [0.1, 0.15) is 0 Å². The van der Waals surface area contributed by atoms with Crippen molar-refractivity contribution in [2.75, 3.05) is 32.2 Å². The molecule has 2 aromatic rings. The van der Waals surface area contributed by atoms with Crippen molar-refractivity contribution in [2.24, 2.45) is 0 Å². The molecule has 0 aliphatic carbocycles. The van der Waals surface area contributed by atoms with Crippen molar-refractivity contribution in [2.45, 2.75) is 26.4 Å². The van der Waals surface area contributed by atoms with Crippen LogP contribution < -0.4 is 5.32 Å². The lowest BCUT2D eigenvalue weighted by atomic mass is 9.99. The van der Waals surface area contributed by atoms with E-state index >= 15 is 0 Å². The molecule has 1 aliphatic rings. The molecule has 1 N–H and O–H groups in total. The largest absolute Gasteiger partial charge is 0.384 e. The van der Waals surface area contributed by atoms with Gasteiger partial charge in [-0.2, -0.15) is 0 Å². The summed E-state index contributed by atoms with van der Waals surface area (Å²) in [6, 6.07) is 6.40. The van der Waals surface area contributed by atoms with Gasteiger partial charge in [0.25, 0.3) is 0 Å². The number of rotatable bonds is 5. The van der Waals surface area contributed by atoms with Crippen LogP contribution in [0.2, 0.25) is 0 Å². The highest BCUT2D eigenvalue weighted by atomic mass is 16.5. The highest BCUT2D eigenvalue weighted by Gasteiger charge is 2.19. The Kier molecular flexibility index (Phi) is 4.36. The Labute approximate surface area is 125 Å². The minimum Gasteiger partial charge on any atom is -0.384 e. The normalized spacial score (nSPS) is 14.2. The van der Waals surface area contributed by atoms with Crippen molar-refractivity contribution in [3.63, 3.8) is 0 Å². The van der Waals surface area contributed by atoms with E-state index in [1.54, 1.807) is 7.11 Å². The number of anilines is 1. The smallest absolute Gasteiger partial charge is 0.0759 e. The van der Waals surface area contributed by atoms with E-state index in [2.05, 4.69) is 30.4 Å². The zero-order valence-electron chi connectivity index (χ0n) is 12.7. The first-order valence-corrected chi connectivity index (χ1v) is 7.59. The number of aromatic nitrogens is 1. The zero-order chi connectivity index (χ0) is 14.7. The van der Waals surface area contributed by atoms with E-state index in [1.165, 1.54) is 27.9 Å². The van der Waals surface area contributed by atoms with E-state index in [9.17, 15) is 0 Å². The molecule has 3 rings (SSSR count). The lowest BCUT2D eigenvalue weighted by molar-refractivity contribution is 0.110. The number of hydrogen-bond acceptors (Lipinski definition) is 4. The fourth-order valence-electron chi connectivity index (χ4n) is 2.93. The maximum Gasteiger partial charge on any atom is 0.0759 e. The zero-order valence-corrected chi connectivity index (χ0v) is 12.7. The Morgan fingerprint density at radius 1 is 1.38 bits per heavy atom. The maximum absolute atomic E-state index is 5.63. The van der Waals surface area contributed by atoms with E-state index < -0.39 is 0 Å². The molecule has 0 unspecified atom stereocenters. The summed E-state index contributed by atoms with van der Waals surface area (Å²) in [7, 11) is 1.74. The van der Waals surface area contributed by atoms with Crippen LogP contribution in [0.3, 0.4) is 0 Å².